The predicted octanol–water partition coefficient (Wildman–Crippen LogP) is 2.26. The number of guanidine groups is 1. The first-order valence-corrected chi connectivity index (χ1v) is 8.36. The molecular weight excluding hydrogens is 320 g/mol. The number of rotatable bonds is 6. The van der Waals surface area contributed by atoms with Gasteiger partial charge in [-0.25, -0.2) is 0 Å². The third-order valence-corrected chi connectivity index (χ3v) is 4.46. The highest BCUT2D eigenvalue weighted by molar-refractivity contribution is 7.16. The average Bonchev–Trinajstić information content (AvgIpc) is 3.12. The Morgan fingerprint density at radius 3 is 2.95 bits per heavy atom. The number of halogens is 1. The molecule has 120 valence electrons. The van der Waals surface area contributed by atoms with E-state index in [4.69, 9.17) is 11.6 Å². The quantitative estimate of drug-likeness (QED) is 0.647. The predicted molar refractivity (Wildman–Crippen MR) is 91.6 cm³/mol. The van der Waals surface area contributed by atoms with Crippen LogP contribution in [0, 0.1) is 0 Å². The second-order valence-corrected chi connectivity index (χ2v) is 6.63. The molecule has 0 aliphatic carbocycles. The molecule has 0 aromatic carbocycles. The molecule has 6 nitrogen and oxygen atoms in total. The fourth-order valence-corrected chi connectivity index (χ4v) is 3.30. The highest BCUT2D eigenvalue weighted by Gasteiger charge is 2.08. The molecule has 2 heterocycles. The lowest BCUT2D eigenvalue weighted by molar-refractivity contribution is 0.477. The van der Waals surface area contributed by atoms with Gasteiger partial charge in [-0.15, -0.1) is 21.5 Å². The van der Waals surface area contributed by atoms with Crippen LogP contribution in [0.5, 0.6) is 0 Å². The van der Waals surface area contributed by atoms with Gasteiger partial charge in [0.2, 0.25) is 0 Å². The van der Waals surface area contributed by atoms with Crippen LogP contribution in [-0.4, -0.2) is 46.3 Å². The summed E-state index contributed by atoms with van der Waals surface area (Å²) in [6.45, 7) is 4.44. The minimum Gasteiger partial charge on any atom is -0.354 e. The van der Waals surface area contributed by atoms with Crippen LogP contribution in [0.1, 0.15) is 17.6 Å². The smallest absolute Gasteiger partial charge is 0.193 e. The van der Waals surface area contributed by atoms with Crippen LogP contribution < -0.4 is 5.32 Å². The van der Waals surface area contributed by atoms with Crippen LogP contribution in [0.3, 0.4) is 0 Å². The topological polar surface area (TPSA) is 58.3 Å². The van der Waals surface area contributed by atoms with E-state index < -0.39 is 0 Å². The fourth-order valence-electron chi connectivity index (χ4n) is 2.16. The highest BCUT2D eigenvalue weighted by Crippen LogP contribution is 2.22. The van der Waals surface area contributed by atoms with Gasteiger partial charge in [-0.3, -0.25) is 4.99 Å². The van der Waals surface area contributed by atoms with Crippen LogP contribution in [0.4, 0.5) is 0 Å². The molecule has 0 spiro atoms. The zero-order chi connectivity index (χ0) is 15.9. The van der Waals surface area contributed by atoms with E-state index in [9.17, 15) is 0 Å². The zero-order valence-corrected chi connectivity index (χ0v) is 14.7. The van der Waals surface area contributed by atoms with Crippen molar-refractivity contribution in [2.45, 2.75) is 26.4 Å². The largest absolute Gasteiger partial charge is 0.354 e. The van der Waals surface area contributed by atoms with Gasteiger partial charge in [0.15, 0.2) is 5.96 Å². The molecule has 0 fully saturated rings. The van der Waals surface area contributed by atoms with E-state index in [1.54, 1.807) is 24.7 Å². The Morgan fingerprint density at radius 2 is 2.32 bits per heavy atom. The van der Waals surface area contributed by atoms with E-state index in [1.807, 2.05) is 19.2 Å². The molecule has 2 aromatic rings. The Kier molecular flexibility index (Phi) is 6.21. The van der Waals surface area contributed by atoms with E-state index in [0.29, 0.717) is 0 Å². The Morgan fingerprint density at radius 1 is 1.50 bits per heavy atom. The molecule has 0 atom stereocenters. The number of hydrogen-bond acceptors (Lipinski definition) is 4. The van der Waals surface area contributed by atoms with Gasteiger partial charge in [-0.1, -0.05) is 18.5 Å². The number of nitrogens with one attached hydrogen (secondary N) is 1. The summed E-state index contributed by atoms with van der Waals surface area (Å²) in [6, 6.07) is 3.96. The number of aromatic nitrogens is 3. The summed E-state index contributed by atoms with van der Waals surface area (Å²) in [5.74, 6) is 1.86. The maximum absolute atomic E-state index is 5.97. The van der Waals surface area contributed by atoms with Crippen molar-refractivity contribution >= 4 is 28.9 Å². The minimum absolute atomic E-state index is 0.771. The van der Waals surface area contributed by atoms with Gasteiger partial charge < -0.3 is 14.8 Å². The molecule has 2 aromatic heterocycles. The van der Waals surface area contributed by atoms with Crippen molar-refractivity contribution in [3.8, 4) is 0 Å². The van der Waals surface area contributed by atoms with E-state index >= 15 is 0 Å². The summed E-state index contributed by atoms with van der Waals surface area (Å²) in [5.41, 5.74) is 0. The van der Waals surface area contributed by atoms with Crippen molar-refractivity contribution in [1.29, 1.82) is 0 Å². The normalized spacial score (nSPS) is 11.7. The number of aliphatic imine (C=N–C) groups is 1. The summed E-state index contributed by atoms with van der Waals surface area (Å²) in [4.78, 5) is 7.60. The maximum Gasteiger partial charge on any atom is 0.193 e. The first-order chi connectivity index (χ1) is 10.6. The Balaban J connectivity index is 1.84. The van der Waals surface area contributed by atoms with Crippen molar-refractivity contribution < 1.29 is 0 Å². The van der Waals surface area contributed by atoms with E-state index in [1.165, 1.54) is 4.88 Å². The third kappa shape index (κ3) is 4.45. The van der Waals surface area contributed by atoms with E-state index in [0.717, 1.165) is 42.2 Å². The first-order valence-electron chi connectivity index (χ1n) is 7.16. The van der Waals surface area contributed by atoms with Crippen LogP contribution >= 0.6 is 22.9 Å². The van der Waals surface area contributed by atoms with Crippen LogP contribution in [0.2, 0.25) is 4.34 Å². The molecule has 0 aliphatic heterocycles. The molecule has 1 N–H and O–H groups in total. The molecule has 0 saturated carbocycles. The van der Waals surface area contributed by atoms with Gasteiger partial charge in [0.1, 0.15) is 12.2 Å². The van der Waals surface area contributed by atoms with Crippen LogP contribution in [-0.2, 0) is 19.5 Å². The lowest BCUT2D eigenvalue weighted by Crippen LogP contribution is -2.39. The summed E-state index contributed by atoms with van der Waals surface area (Å²) in [5, 5.41) is 11.4. The zero-order valence-electron chi connectivity index (χ0n) is 13.1. The number of aryl methyl sites for hydroxylation is 1. The third-order valence-electron chi connectivity index (χ3n) is 3.24. The maximum atomic E-state index is 5.97. The average molecular weight is 341 g/mol. The molecule has 0 saturated heterocycles. The SMILES string of the molecule is CCc1nncn1CCNC(=NC)N(C)Cc1ccc(Cl)s1. The number of nitrogens with zero attached hydrogens (tertiary/aromatic N) is 5. The number of hydrogen-bond donors (Lipinski definition) is 1. The van der Waals surface area contributed by atoms with Crippen molar-refractivity contribution in [2.24, 2.45) is 4.99 Å². The van der Waals surface area contributed by atoms with Gasteiger partial charge in [-0.05, 0) is 12.1 Å². The molecule has 22 heavy (non-hydrogen) atoms. The fraction of sp³-hybridized carbons (Fsp3) is 0.500. The lowest BCUT2D eigenvalue weighted by Gasteiger charge is -2.21. The monoisotopic (exact) mass is 340 g/mol. The van der Waals surface area contributed by atoms with Crippen molar-refractivity contribution in [3.05, 3.63) is 33.5 Å². The molecule has 0 radical (unpaired) electrons. The summed E-state index contributed by atoms with van der Waals surface area (Å²) in [7, 11) is 3.80. The molecule has 8 heteroatoms. The van der Waals surface area contributed by atoms with Gasteiger partial charge in [0.05, 0.1) is 10.9 Å². The van der Waals surface area contributed by atoms with Crippen molar-refractivity contribution in [1.82, 2.24) is 25.0 Å². The van der Waals surface area contributed by atoms with E-state index in [2.05, 4.69) is 36.9 Å². The summed E-state index contributed by atoms with van der Waals surface area (Å²) in [6.07, 6.45) is 2.65. The molecule has 0 aliphatic rings. The molecular formula is C14H21ClN6S. The van der Waals surface area contributed by atoms with Crippen LogP contribution in [0.25, 0.3) is 0 Å². The van der Waals surface area contributed by atoms with Gasteiger partial charge >= 0.3 is 0 Å². The molecule has 0 bridgehead atoms. The summed E-state index contributed by atoms with van der Waals surface area (Å²) >= 11 is 7.56. The van der Waals surface area contributed by atoms with Gasteiger partial charge in [0.25, 0.3) is 0 Å². The van der Waals surface area contributed by atoms with E-state index in [-0.39, 0.29) is 0 Å². The van der Waals surface area contributed by atoms with Crippen LogP contribution in [0.15, 0.2) is 23.5 Å². The standard InChI is InChI=1S/C14H21ClN6S/c1-4-13-19-18-10-21(13)8-7-17-14(16-2)20(3)9-11-5-6-12(15)22-11/h5-6,10H,4,7-9H2,1-3H3,(H,16,17). The van der Waals surface area contributed by atoms with Gasteiger partial charge in [0, 0.05) is 38.5 Å². The Bertz CT molecular complexity index is 620. The first kappa shape index (κ1) is 16.8. The minimum atomic E-state index is 0.771. The second-order valence-electron chi connectivity index (χ2n) is 4.83. The Labute approximate surface area is 139 Å². The molecule has 2 rings (SSSR count). The highest BCUT2D eigenvalue weighted by atomic mass is 35.5. The van der Waals surface area contributed by atoms with Gasteiger partial charge in [-0.2, -0.15) is 0 Å². The number of thiophene rings is 1. The Hall–Kier alpha value is -1.60. The van der Waals surface area contributed by atoms with Crippen molar-refractivity contribution in [2.75, 3.05) is 20.6 Å². The molecule has 0 unspecified atom stereocenters. The second kappa shape index (κ2) is 8.14. The molecule has 0 amide bonds. The lowest BCUT2D eigenvalue weighted by atomic mass is 10.4. The summed E-state index contributed by atoms with van der Waals surface area (Å²) < 4.78 is 2.87. The van der Waals surface area contributed by atoms with Crippen molar-refractivity contribution in [3.63, 3.8) is 0 Å².